The molecule has 1 saturated carbocycles. The second-order valence-electron chi connectivity index (χ2n) is 7.37. The third kappa shape index (κ3) is 3.93. The van der Waals surface area contributed by atoms with Crippen molar-refractivity contribution in [2.45, 2.75) is 58.5 Å². The van der Waals surface area contributed by atoms with Crippen molar-refractivity contribution in [3.8, 4) is 0 Å². The summed E-state index contributed by atoms with van der Waals surface area (Å²) in [7, 11) is 0. The quantitative estimate of drug-likeness (QED) is 0.823. The molecule has 3 heteroatoms. The van der Waals surface area contributed by atoms with Crippen LogP contribution in [-0.4, -0.2) is 47.5 Å². The zero-order valence-corrected chi connectivity index (χ0v) is 12.6. The highest BCUT2D eigenvalue weighted by molar-refractivity contribution is 4.90. The van der Waals surface area contributed by atoms with E-state index >= 15 is 0 Å². The maximum absolute atomic E-state index is 10.5. The van der Waals surface area contributed by atoms with E-state index < -0.39 is 0 Å². The second-order valence-corrected chi connectivity index (χ2v) is 7.37. The molecule has 3 atom stereocenters. The first-order valence-electron chi connectivity index (χ1n) is 8.04. The monoisotopic (exact) mass is 269 g/mol. The lowest BCUT2D eigenvalue weighted by atomic mass is 9.69. The SMILES string of the molecule is CC1(C)CCCC(CN2CCCC(CCO)C2)C1O. The van der Waals surface area contributed by atoms with Crippen LogP contribution in [0, 0.1) is 17.3 Å². The van der Waals surface area contributed by atoms with E-state index in [1.807, 2.05) is 0 Å². The van der Waals surface area contributed by atoms with Crippen molar-refractivity contribution in [3.05, 3.63) is 0 Å². The Hall–Kier alpha value is -0.120. The van der Waals surface area contributed by atoms with Crippen molar-refractivity contribution in [2.24, 2.45) is 17.3 Å². The summed E-state index contributed by atoms with van der Waals surface area (Å²) < 4.78 is 0. The van der Waals surface area contributed by atoms with Gasteiger partial charge in [-0.2, -0.15) is 0 Å². The molecule has 0 bridgehead atoms. The normalized spacial score (nSPS) is 36.3. The molecule has 19 heavy (non-hydrogen) atoms. The fraction of sp³-hybridized carbons (Fsp3) is 1.00. The van der Waals surface area contributed by atoms with Gasteiger partial charge in [0.25, 0.3) is 0 Å². The Balaban J connectivity index is 1.86. The highest BCUT2D eigenvalue weighted by Crippen LogP contribution is 2.39. The average molecular weight is 269 g/mol. The molecule has 112 valence electrons. The molecule has 3 unspecified atom stereocenters. The van der Waals surface area contributed by atoms with Gasteiger partial charge in [-0.3, -0.25) is 0 Å². The summed E-state index contributed by atoms with van der Waals surface area (Å²) in [6.45, 7) is 8.06. The number of rotatable bonds is 4. The Bertz CT molecular complexity index is 278. The third-order valence-electron chi connectivity index (χ3n) is 5.28. The molecule has 3 nitrogen and oxygen atoms in total. The lowest BCUT2D eigenvalue weighted by molar-refractivity contribution is -0.0465. The molecule has 0 aromatic heterocycles. The van der Waals surface area contributed by atoms with Gasteiger partial charge in [0.05, 0.1) is 6.10 Å². The van der Waals surface area contributed by atoms with Gasteiger partial charge in [0.2, 0.25) is 0 Å². The summed E-state index contributed by atoms with van der Waals surface area (Å²) in [5, 5.41) is 19.6. The van der Waals surface area contributed by atoms with Crippen LogP contribution < -0.4 is 0 Å². The molecule has 2 fully saturated rings. The Morgan fingerprint density at radius 1 is 1.21 bits per heavy atom. The van der Waals surface area contributed by atoms with Gasteiger partial charge in [0.1, 0.15) is 0 Å². The van der Waals surface area contributed by atoms with E-state index in [1.54, 1.807) is 0 Å². The highest BCUT2D eigenvalue weighted by atomic mass is 16.3. The summed E-state index contributed by atoms with van der Waals surface area (Å²) in [5.41, 5.74) is 0.0865. The van der Waals surface area contributed by atoms with Crippen LogP contribution in [0.3, 0.4) is 0 Å². The van der Waals surface area contributed by atoms with Gasteiger partial charge >= 0.3 is 0 Å². The van der Waals surface area contributed by atoms with Crippen LogP contribution in [0.25, 0.3) is 0 Å². The predicted octanol–water partition coefficient (Wildman–Crippen LogP) is 2.27. The van der Waals surface area contributed by atoms with Gasteiger partial charge in [-0.15, -0.1) is 0 Å². The highest BCUT2D eigenvalue weighted by Gasteiger charge is 2.38. The van der Waals surface area contributed by atoms with E-state index in [9.17, 15) is 5.11 Å². The van der Waals surface area contributed by atoms with E-state index in [4.69, 9.17) is 5.11 Å². The fourth-order valence-electron chi connectivity index (χ4n) is 4.02. The molecule has 0 radical (unpaired) electrons. The summed E-state index contributed by atoms with van der Waals surface area (Å²) in [6, 6.07) is 0. The first-order valence-corrected chi connectivity index (χ1v) is 8.04. The van der Waals surface area contributed by atoms with Gasteiger partial charge in [0, 0.05) is 19.7 Å². The van der Waals surface area contributed by atoms with Crippen LogP contribution >= 0.6 is 0 Å². The van der Waals surface area contributed by atoms with Crippen LogP contribution in [0.2, 0.25) is 0 Å². The van der Waals surface area contributed by atoms with Crippen LogP contribution in [0.1, 0.15) is 52.4 Å². The van der Waals surface area contributed by atoms with Crippen LogP contribution in [0.15, 0.2) is 0 Å². The summed E-state index contributed by atoms with van der Waals surface area (Å²) in [4.78, 5) is 2.53. The predicted molar refractivity (Wildman–Crippen MR) is 78.0 cm³/mol. The summed E-state index contributed by atoms with van der Waals surface area (Å²) >= 11 is 0. The Labute approximate surface area is 118 Å². The van der Waals surface area contributed by atoms with Crippen LogP contribution in [-0.2, 0) is 0 Å². The molecule has 0 amide bonds. The number of hydrogen-bond acceptors (Lipinski definition) is 3. The Kier molecular flexibility index (Phi) is 5.27. The van der Waals surface area contributed by atoms with Gasteiger partial charge in [-0.25, -0.2) is 0 Å². The van der Waals surface area contributed by atoms with Crippen LogP contribution in [0.5, 0.6) is 0 Å². The lowest BCUT2D eigenvalue weighted by Gasteiger charge is -2.44. The van der Waals surface area contributed by atoms with Crippen molar-refractivity contribution in [1.29, 1.82) is 0 Å². The lowest BCUT2D eigenvalue weighted by Crippen LogP contribution is -2.47. The molecule has 0 aromatic rings. The van der Waals surface area contributed by atoms with E-state index in [0.717, 1.165) is 25.9 Å². The van der Waals surface area contributed by atoms with E-state index in [1.165, 1.54) is 32.2 Å². The number of hydrogen-bond donors (Lipinski definition) is 2. The maximum atomic E-state index is 10.5. The molecule has 1 aliphatic heterocycles. The number of aliphatic hydroxyl groups is 2. The number of likely N-dealkylation sites (tertiary alicyclic amines) is 1. The Morgan fingerprint density at radius 3 is 2.74 bits per heavy atom. The van der Waals surface area contributed by atoms with Crippen molar-refractivity contribution in [1.82, 2.24) is 4.90 Å². The topological polar surface area (TPSA) is 43.7 Å². The minimum absolute atomic E-state index is 0.0865. The first-order chi connectivity index (χ1) is 9.03. The standard InChI is InChI=1S/C16H31NO2/c1-16(2)8-3-6-14(15(16)19)12-17-9-4-5-13(11-17)7-10-18/h13-15,18-19H,3-12H2,1-2H3. The minimum atomic E-state index is -0.153. The number of nitrogens with zero attached hydrogens (tertiary/aromatic N) is 1. The summed E-state index contributed by atoms with van der Waals surface area (Å²) in [6.07, 6.45) is 6.87. The average Bonchev–Trinajstić information content (AvgIpc) is 2.36. The molecular weight excluding hydrogens is 238 g/mol. The molecule has 0 spiro atoms. The van der Waals surface area contributed by atoms with E-state index in [2.05, 4.69) is 18.7 Å². The molecule has 0 aromatic carbocycles. The first kappa shape index (κ1) is 15.3. The fourth-order valence-corrected chi connectivity index (χ4v) is 4.02. The molecule has 1 saturated heterocycles. The van der Waals surface area contributed by atoms with Crippen molar-refractivity contribution >= 4 is 0 Å². The van der Waals surface area contributed by atoms with Gasteiger partial charge in [0.15, 0.2) is 0 Å². The molecule has 1 heterocycles. The molecule has 2 N–H and O–H groups in total. The largest absolute Gasteiger partial charge is 0.396 e. The Morgan fingerprint density at radius 2 is 2.00 bits per heavy atom. The van der Waals surface area contributed by atoms with Gasteiger partial charge < -0.3 is 15.1 Å². The van der Waals surface area contributed by atoms with E-state index in [0.29, 0.717) is 18.4 Å². The maximum Gasteiger partial charge on any atom is 0.0631 e. The second kappa shape index (κ2) is 6.55. The van der Waals surface area contributed by atoms with Crippen molar-refractivity contribution < 1.29 is 10.2 Å². The summed E-state index contributed by atoms with van der Waals surface area (Å²) in [5.74, 6) is 1.10. The van der Waals surface area contributed by atoms with Crippen LogP contribution in [0.4, 0.5) is 0 Å². The van der Waals surface area contributed by atoms with Crippen molar-refractivity contribution in [3.63, 3.8) is 0 Å². The molecule has 1 aliphatic carbocycles. The zero-order valence-electron chi connectivity index (χ0n) is 12.6. The smallest absolute Gasteiger partial charge is 0.0631 e. The van der Waals surface area contributed by atoms with Crippen molar-refractivity contribution in [2.75, 3.05) is 26.2 Å². The molecular formula is C16H31NO2. The number of aliphatic hydroxyl groups excluding tert-OH is 2. The van der Waals surface area contributed by atoms with Gasteiger partial charge in [-0.1, -0.05) is 20.3 Å². The van der Waals surface area contributed by atoms with Gasteiger partial charge in [-0.05, 0) is 55.9 Å². The number of piperidine rings is 1. The molecule has 2 aliphatic rings. The minimum Gasteiger partial charge on any atom is -0.396 e. The zero-order chi connectivity index (χ0) is 13.9. The third-order valence-corrected chi connectivity index (χ3v) is 5.28. The van der Waals surface area contributed by atoms with E-state index in [-0.39, 0.29) is 11.5 Å². The molecule has 2 rings (SSSR count).